The number of carbonyl (C=O) groups excluding carboxylic acids is 2. The number of nitrogens with zero attached hydrogens (tertiary/aromatic N) is 1. The summed E-state index contributed by atoms with van der Waals surface area (Å²) in [5.41, 5.74) is 0.682. The van der Waals surface area contributed by atoms with Crippen molar-refractivity contribution in [2.75, 3.05) is 20.3 Å². The van der Waals surface area contributed by atoms with Crippen molar-refractivity contribution >= 4 is 72.4 Å². The fourth-order valence-electron chi connectivity index (χ4n) is 2.55. The maximum atomic E-state index is 12.7. The lowest BCUT2D eigenvalue weighted by atomic mass is 10.2. The van der Waals surface area contributed by atoms with Crippen LogP contribution in [-0.4, -0.2) is 36.3 Å². The third-order valence-electron chi connectivity index (χ3n) is 3.81. The summed E-state index contributed by atoms with van der Waals surface area (Å²) in [6.07, 6.45) is 1.65. The molecule has 1 fully saturated rings. The molecule has 0 N–H and O–H groups in total. The summed E-state index contributed by atoms with van der Waals surface area (Å²) in [4.78, 5) is 26.4. The van der Waals surface area contributed by atoms with E-state index >= 15 is 0 Å². The minimum atomic E-state index is -0.365. The lowest BCUT2D eigenvalue weighted by Crippen LogP contribution is -2.32. The largest absolute Gasteiger partial charge is 0.495 e. The molecule has 3 rings (SSSR count). The van der Waals surface area contributed by atoms with Gasteiger partial charge in [0.15, 0.2) is 0 Å². The molecule has 28 heavy (non-hydrogen) atoms. The van der Waals surface area contributed by atoms with E-state index in [9.17, 15) is 9.59 Å². The summed E-state index contributed by atoms with van der Waals surface area (Å²) in [6.45, 7) is 0.285. The molecule has 0 unspecified atom stereocenters. The molecule has 9 heteroatoms. The maximum Gasteiger partial charge on any atom is 0.293 e. The van der Waals surface area contributed by atoms with Crippen LogP contribution in [0.25, 0.3) is 6.08 Å². The standard InChI is InChI=1S/C19H14Br2ClNO4S/c1-26-17-11(8-12(20)10-13(17)21)9-16-18(24)23(19(25)28-16)6-7-27-15-5-3-2-4-14(15)22/h2-5,8-10H,6-7H2,1H3/b16-9-. The Morgan fingerprint density at radius 2 is 1.96 bits per heavy atom. The first kappa shape index (κ1) is 21.2. The Labute approximate surface area is 188 Å². The average molecular weight is 548 g/mol. The smallest absolute Gasteiger partial charge is 0.293 e. The monoisotopic (exact) mass is 545 g/mol. The molecule has 5 nitrogen and oxygen atoms in total. The highest BCUT2D eigenvalue weighted by Crippen LogP contribution is 2.38. The minimum Gasteiger partial charge on any atom is -0.495 e. The summed E-state index contributed by atoms with van der Waals surface area (Å²) in [5, 5.41) is 0.135. The Balaban J connectivity index is 1.73. The van der Waals surface area contributed by atoms with Crippen molar-refractivity contribution in [3.8, 4) is 11.5 Å². The molecule has 0 aromatic heterocycles. The molecule has 0 radical (unpaired) electrons. The molecular weight excluding hydrogens is 534 g/mol. The van der Waals surface area contributed by atoms with Crippen LogP contribution < -0.4 is 9.47 Å². The number of ether oxygens (including phenoxy) is 2. The van der Waals surface area contributed by atoms with E-state index in [1.54, 1.807) is 37.5 Å². The summed E-state index contributed by atoms with van der Waals surface area (Å²) < 4.78 is 12.5. The van der Waals surface area contributed by atoms with Gasteiger partial charge in [0, 0.05) is 10.0 Å². The number of halogens is 3. The lowest BCUT2D eigenvalue weighted by Gasteiger charge is -2.14. The molecule has 1 aliphatic rings. The highest BCUT2D eigenvalue weighted by Gasteiger charge is 2.35. The quantitative estimate of drug-likeness (QED) is 0.416. The summed E-state index contributed by atoms with van der Waals surface area (Å²) in [6, 6.07) is 10.7. The molecule has 2 amide bonds. The number of amides is 2. The zero-order valence-corrected chi connectivity index (χ0v) is 19.3. The fourth-order valence-corrected chi connectivity index (χ4v) is 5.01. The van der Waals surface area contributed by atoms with E-state index in [2.05, 4.69) is 31.9 Å². The average Bonchev–Trinajstić information content (AvgIpc) is 2.90. The molecule has 1 saturated heterocycles. The number of hydrogen-bond acceptors (Lipinski definition) is 5. The SMILES string of the molecule is COc1c(Br)cc(Br)cc1/C=C1\SC(=O)N(CCOc2ccccc2Cl)C1=O. The van der Waals surface area contributed by atoms with Gasteiger partial charge in [-0.25, -0.2) is 0 Å². The van der Waals surface area contributed by atoms with E-state index in [1.807, 2.05) is 12.1 Å². The Morgan fingerprint density at radius 3 is 2.68 bits per heavy atom. The van der Waals surface area contributed by atoms with Gasteiger partial charge in [-0.3, -0.25) is 14.5 Å². The normalized spacial score (nSPS) is 15.4. The van der Waals surface area contributed by atoms with Gasteiger partial charge in [-0.15, -0.1) is 0 Å². The van der Waals surface area contributed by atoms with Crippen LogP contribution in [0.2, 0.25) is 5.02 Å². The number of rotatable bonds is 6. The van der Waals surface area contributed by atoms with Gasteiger partial charge in [0.1, 0.15) is 18.1 Å². The molecular formula is C19H14Br2ClNO4S. The van der Waals surface area contributed by atoms with Crippen LogP contribution in [-0.2, 0) is 4.79 Å². The Hall–Kier alpha value is -1.48. The van der Waals surface area contributed by atoms with Crippen molar-refractivity contribution in [1.29, 1.82) is 0 Å². The number of hydrogen-bond donors (Lipinski definition) is 0. The van der Waals surface area contributed by atoms with Gasteiger partial charge in [0.05, 0.1) is 28.1 Å². The first-order chi connectivity index (χ1) is 13.4. The van der Waals surface area contributed by atoms with Crippen LogP contribution in [0, 0.1) is 0 Å². The van der Waals surface area contributed by atoms with E-state index in [1.165, 1.54) is 0 Å². The van der Waals surface area contributed by atoms with Crippen LogP contribution in [0.15, 0.2) is 50.2 Å². The molecule has 0 spiro atoms. The van der Waals surface area contributed by atoms with Gasteiger partial charge < -0.3 is 9.47 Å². The van der Waals surface area contributed by atoms with Crippen molar-refractivity contribution in [3.63, 3.8) is 0 Å². The Kier molecular flexibility index (Phi) is 7.09. The molecule has 1 aliphatic heterocycles. The maximum absolute atomic E-state index is 12.7. The van der Waals surface area contributed by atoms with Crippen molar-refractivity contribution < 1.29 is 19.1 Å². The number of para-hydroxylation sites is 1. The van der Waals surface area contributed by atoms with Gasteiger partial charge in [0.25, 0.3) is 11.1 Å². The van der Waals surface area contributed by atoms with Gasteiger partial charge >= 0.3 is 0 Å². The number of thioether (sulfide) groups is 1. The van der Waals surface area contributed by atoms with E-state index in [-0.39, 0.29) is 24.3 Å². The van der Waals surface area contributed by atoms with Gasteiger partial charge in [0.2, 0.25) is 0 Å². The first-order valence-corrected chi connectivity index (χ1v) is 10.8. The number of benzene rings is 2. The third kappa shape index (κ3) is 4.74. The van der Waals surface area contributed by atoms with Crippen molar-refractivity contribution in [3.05, 3.63) is 60.8 Å². The third-order valence-corrected chi connectivity index (χ3v) is 6.08. The topological polar surface area (TPSA) is 55.8 Å². The van der Waals surface area contributed by atoms with Crippen LogP contribution in [0.4, 0.5) is 4.79 Å². The van der Waals surface area contributed by atoms with E-state index in [0.29, 0.717) is 27.0 Å². The number of imide groups is 1. The van der Waals surface area contributed by atoms with E-state index < -0.39 is 0 Å². The summed E-state index contributed by atoms with van der Waals surface area (Å²) >= 11 is 13.8. The van der Waals surface area contributed by atoms with Crippen LogP contribution >= 0.6 is 55.2 Å². The highest BCUT2D eigenvalue weighted by molar-refractivity contribution is 9.11. The summed E-state index contributed by atoms with van der Waals surface area (Å²) in [5.74, 6) is 0.725. The Morgan fingerprint density at radius 1 is 1.21 bits per heavy atom. The van der Waals surface area contributed by atoms with Gasteiger partial charge in [-0.2, -0.15) is 0 Å². The van der Waals surface area contributed by atoms with Crippen molar-refractivity contribution in [1.82, 2.24) is 4.90 Å². The molecule has 0 atom stereocenters. The van der Waals surface area contributed by atoms with Crippen LogP contribution in [0.1, 0.15) is 5.56 Å². The van der Waals surface area contributed by atoms with Crippen LogP contribution in [0.3, 0.4) is 0 Å². The zero-order chi connectivity index (χ0) is 20.3. The van der Waals surface area contributed by atoms with Crippen molar-refractivity contribution in [2.24, 2.45) is 0 Å². The molecule has 0 saturated carbocycles. The molecule has 0 bridgehead atoms. The molecule has 0 aliphatic carbocycles. The molecule has 2 aromatic rings. The predicted molar refractivity (Wildman–Crippen MR) is 118 cm³/mol. The first-order valence-electron chi connectivity index (χ1n) is 8.06. The second-order valence-electron chi connectivity index (χ2n) is 5.62. The van der Waals surface area contributed by atoms with Gasteiger partial charge in [-0.1, -0.05) is 39.7 Å². The van der Waals surface area contributed by atoms with E-state index in [4.69, 9.17) is 21.1 Å². The second-order valence-corrected chi connectivity index (χ2v) is 8.79. The van der Waals surface area contributed by atoms with Crippen LogP contribution in [0.5, 0.6) is 11.5 Å². The number of methoxy groups -OCH3 is 1. The Bertz CT molecular complexity index is 967. The summed E-state index contributed by atoms with van der Waals surface area (Å²) in [7, 11) is 1.54. The number of carbonyl (C=O) groups is 2. The minimum absolute atomic E-state index is 0.131. The zero-order valence-electron chi connectivity index (χ0n) is 14.6. The van der Waals surface area contributed by atoms with E-state index in [0.717, 1.165) is 25.6 Å². The van der Waals surface area contributed by atoms with Crippen molar-refractivity contribution in [2.45, 2.75) is 0 Å². The predicted octanol–water partition coefficient (Wildman–Crippen LogP) is 5.99. The second kappa shape index (κ2) is 9.35. The fraction of sp³-hybridized carbons (Fsp3) is 0.158. The molecule has 146 valence electrons. The molecule has 2 aromatic carbocycles. The highest BCUT2D eigenvalue weighted by atomic mass is 79.9. The lowest BCUT2D eigenvalue weighted by molar-refractivity contribution is -0.123. The molecule has 1 heterocycles. The van der Waals surface area contributed by atoms with Gasteiger partial charge in [-0.05, 0) is 58.0 Å².